The Labute approximate surface area is 182 Å². The fourth-order valence-electron chi connectivity index (χ4n) is 3.55. The molecule has 0 radical (unpaired) electrons. The van der Waals surface area contributed by atoms with Gasteiger partial charge in [-0.1, -0.05) is 19.1 Å². The normalized spacial score (nSPS) is 17.5. The largest absolute Gasteiger partial charge is 0.497 e. The first kappa shape index (κ1) is 22.4. The van der Waals surface area contributed by atoms with Gasteiger partial charge in [-0.3, -0.25) is 9.79 Å². The SMILES string of the molecule is CN=C1NC=CC(c2cc(NCC(=O)NCCO)c3cc(OC)ccc3c2)=CCC1C. The van der Waals surface area contributed by atoms with Crippen LogP contribution in [0.2, 0.25) is 0 Å². The third-order valence-electron chi connectivity index (χ3n) is 5.26. The molecule has 1 heterocycles. The van der Waals surface area contributed by atoms with Gasteiger partial charge in [-0.05, 0) is 53.3 Å². The van der Waals surface area contributed by atoms with Gasteiger partial charge >= 0.3 is 0 Å². The van der Waals surface area contributed by atoms with Crippen LogP contribution in [0.5, 0.6) is 5.75 Å². The van der Waals surface area contributed by atoms with Crippen molar-refractivity contribution in [1.29, 1.82) is 0 Å². The maximum atomic E-state index is 12.0. The first-order valence-electron chi connectivity index (χ1n) is 10.4. The smallest absolute Gasteiger partial charge is 0.239 e. The summed E-state index contributed by atoms with van der Waals surface area (Å²) < 4.78 is 5.39. The van der Waals surface area contributed by atoms with Gasteiger partial charge in [0.15, 0.2) is 0 Å². The summed E-state index contributed by atoms with van der Waals surface area (Å²) in [6, 6.07) is 10.1. The number of allylic oxidation sites excluding steroid dienone is 3. The molecule has 164 valence electrons. The zero-order valence-electron chi connectivity index (χ0n) is 18.2. The van der Waals surface area contributed by atoms with Crippen LogP contribution < -0.4 is 20.7 Å². The van der Waals surface area contributed by atoms with E-state index in [9.17, 15) is 4.79 Å². The summed E-state index contributed by atoms with van der Waals surface area (Å²) >= 11 is 0. The lowest BCUT2D eigenvalue weighted by atomic mass is 9.95. The fourth-order valence-corrected chi connectivity index (χ4v) is 3.55. The molecule has 31 heavy (non-hydrogen) atoms. The molecule has 2 aromatic rings. The van der Waals surface area contributed by atoms with Gasteiger partial charge in [-0.25, -0.2) is 0 Å². The number of aliphatic imine (C=N–C) groups is 1. The lowest BCUT2D eigenvalue weighted by molar-refractivity contribution is -0.119. The summed E-state index contributed by atoms with van der Waals surface area (Å²) in [5.41, 5.74) is 3.00. The number of ether oxygens (including phenoxy) is 1. The Bertz CT molecular complexity index is 1030. The van der Waals surface area contributed by atoms with E-state index in [4.69, 9.17) is 9.84 Å². The fraction of sp³-hybridized carbons (Fsp3) is 0.333. The summed E-state index contributed by atoms with van der Waals surface area (Å²) in [7, 11) is 3.43. The number of aliphatic hydroxyl groups is 1. The van der Waals surface area contributed by atoms with E-state index < -0.39 is 0 Å². The lowest BCUT2D eigenvalue weighted by Gasteiger charge is -2.18. The standard InChI is InChI=1S/C24H30N4O3/c1-16-4-5-17(8-9-27-24(16)25-2)19-12-18-6-7-20(31-3)14-21(18)22(13-19)28-15-23(30)26-10-11-29/h5-9,12-14,16,28-29H,4,10-11,15H2,1-3H3,(H,25,27)(H,26,30). The topological polar surface area (TPSA) is 95.0 Å². The number of anilines is 1. The number of nitrogens with one attached hydrogen (secondary N) is 3. The molecule has 0 spiro atoms. The quantitative estimate of drug-likeness (QED) is 0.550. The molecule has 0 bridgehead atoms. The molecular weight excluding hydrogens is 392 g/mol. The third kappa shape index (κ3) is 5.64. The number of carbonyl (C=O) groups is 1. The molecule has 0 aromatic heterocycles. The van der Waals surface area contributed by atoms with Crippen LogP contribution in [-0.4, -0.2) is 50.7 Å². The maximum Gasteiger partial charge on any atom is 0.239 e. The van der Waals surface area contributed by atoms with Crippen molar-refractivity contribution in [3.8, 4) is 5.75 Å². The van der Waals surface area contributed by atoms with Gasteiger partial charge in [0.25, 0.3) is 0 Å². The first-order valence-corrected chi connectivity index (χ1v) is 10.4. The molecule has 0 saturated carbocycles. The summed E-state index contributed by atoms with van der Waals surface area (Å²) in [5.74, 6) is 1.84. The molecule has 0 fully saturated rings. The van der Waals surface area contributed by atoms with Crippen LogP contribution in [0.4, 0.5) is 5.69 Å². The number of hydrogen-bond acceptors (Lipinski definition) is 5. The zero-order chi connectivity index (χ0) is 22.2. The van der Waals surface area contributed by atoms with Crippen LogP contribution in [0.15, 0.2) is 53.7 Å². The van der Waals surface area contributed by atoms with Crippen LogP contribution in [0.1, 0.15) is 18.9 Å². The van der Waals surface area contributed by atoms with Crippen molar-refractivity contribution in [2.75, 3.05) is 39.2 Å². The molecule has 3 rings (SSSR count). The second-order valence-corrected chi connectivity index (χ2v) is 7.42. The lowest BCUT2D eigenvalue weighted by Crippen LogP contribution is -2.31. The van der Waals surface area contributed by atoms with Gasteiger partial charge in [0.1, 0.15) is 11.6 Å². The second kappa shape index (κ2) is 10.6. The van der Waals surface area contributed by atoms with Crippen molar-refractivity contribution in [2.45, 2.75) is 13.3 Å². The molecule has 1 unspecified atom stereocenters. The molecule has 1 amide bonds. The molecule has 4 N–H and O–H groups in total. The minimum atomic E-state index is -0.176. The van der Waals surface area contributed by atoms with Crippen molar-refractivity contribution >= 4 is 33.8 Å². The minimum Gasteiger partial charge on any atom is -0.497 e. The van der Waals surface area contributed by atoms with Gasteiger partial charge in [-0.15, -0.1) is 0 Å². The number of nitrogens with zero attached hydrogens (tertiary/aromatic N) is 1. The summed E-state index contributed by atoms with van der Waals surface area (Å²) in [6.45, 7) is 2.41. The third-order valence-corrected chi connectivity index (χ3v) is 5.26. The highest BCUT2D eigenvalue weighted by Gasteiger charge is 2.13. The van der Waals surface area contributed by atoms with Gasteiger partial charge in [0.05, 0.1) is 20.3 Å². The highest BCUT2D eigenvalue weighted by atomic mass is 16.5. The number of carbonyl (C=O) groups excluding carboxylic acids is 1. The molecular formula is C24H30N4O3. The molecule has 0 saturated heterocycles. The van der Waals surface area contributed by atoms with Crippen LogP contribution in [0, 0.1) is 5.92 Å². The molecule has 1 aliphatic rings. The zero-order valence-corrected chi connectivity index (χ0v) is 18.2. The summed E-state index contributed by atoms with van der Waals surface area (Å²) in [6.07, 6.45) is 7.04. The van der Waals surface area contributed by atoms with Crippen LogP contribution in [0.25, 0.3) is 16.3 Å². The number of hydrogen-bond donors (Lipinski definition) is 4. The first-order chi connectivity index (χ1) is 15.0. The number of amides is 1. The summed E-state index contributed by atoms with van der Waals surface area (Å²) in [4.78, 5) is 16.4. The van der Waals surface area contributed by atoms with Gasteiger partial charge < -0.3 is 25.8 Å². The van der Waals surface area contributed by atoms with Crippen molar-refractivity contribution in [3.63, 3.8) is 0 Å². The van der Waals surface area contributed by atoms with E-state index in [1.807, 2.05) is 30.5 Å². The van der Waals surface area contributed by atoms with Crippen molar-refractivity contribution in [3.05, 3.63) is 54.2 Å². The number of amidine groups is 1. The van der Waals surface area contributed by atoms with Gasteiger partial charge in [-0.2, -0.15) is 0 Å². The van der Waals surface area contributed by atoms with E-state index in [1.54, 1.807) is 14.2 Å². The van der Waals surface area contributed by atoms with Crippen molar-refractivity contribution in [1.82, 2.24) is 10.6 Å². The Kier molecular flexibility index (Phi) is 7.67. The average Bonchev–Trinajstić information content (AvgIpc) is 2.78. The number of aliphatic hydroxyl groups excluding tert-OH is 1. The molecule has 0 aliphatic carbocycles. The van der Waals surface area contributed by atoms with Crippen LogP contribution in [-0.2, 0) is 4.79 Å². The molecule has 7 nitrogen and oxygen atoms in total. The van der Waals surface area contributed by atoms with Crippen molar-refractivity contribution in [2.24, 2.45) is 10.9 Å². The maximum absolute atomic E-state index is 12.0. The Hall–Kier alpha value is -3.32. The predicted octanol–water partition coefficient (Wildman–Crippen LogP) is 2.92. The van der Waals surface area contributed by atoms with Crippen molar-refractivity contribution < 1.29 is 14.6 Å². The van der Waals surface area contributed by atoms with Crippen LogP contribution in [0.3, 0.4) is 0 Å². The predicted molar refractivity (Wildman–Crippen MR) is 126 cm³/mol. The second-order valence-electron chi connectivity index (χ2n) is 7.42. The van der Waals surface area contributed by atoms with Gasteiger partial charge in [0, 0.05) is 36.8 Å². The Morgan fingerprint density at radius 2 is 2.16 bits per heavy atom. The van der Waals surface area contributed by atoms with E-state index in [2.05, 4.69) is 46.1 Å². The molecule has 1 atom stereocenters. The Morgan fingerprint density at radius 1 is 1.32 bits per heavy atom. The van der Waals surface area contributed by atoms with Gasteiger partial charge in [0.2, 0.25) is 5.91 Å². The minimum absolute atomic E-state index is 0.0846. The molecule has 1 aliphatic heterocycles. The molecule has 2 aromatic carbocycles. The number of methoxy groups -OCH3 is 1. The van der Waals surface area contributed by atoms with E-state index in [0.29, 0.717) is 5.92 Å². The van der Waals surface area contributed by atoms with E-state index in [0.717, 1.165) is 45.6 Å². The Balaban J connectivity index is 1.97. The number of rotatable bonds is 7. The summed E-state index contributed by atoms with van der Waals surface area (Å²) in [5, 5.41) is 20.1. The van der Waals surface area contributed by atoms with Crippen LogP contribution >= 0.6 is 0 Å². The average molecular weight is 423 g/mol. The van der Waals surface area contributed by atoms with E-state index in [-0.39, 0.29) is 25.6 Å². The molecule has 7 heteroatoms. The Morgan fingerprint density at radius 3 is 2.90 bits per heavy atom. The monoisotopic (exact) mass is 422 g/mol. The van der Waals surface area contributed by atoms with E-state index >= 15 is 0 Å². The highest BCUT2D eigenvalue weighted by Crippen LogP contribution is 2.32. The number of fused-ring (bicyclic) bond motifs is 1. The number of benzene rings is 2. The highest BCUT2D eigenvalue weighted by molar-refractivity contribution is 5.99. The van der Waals surface area contributed by atoms with E-state index in [1.165, 1.54) is 0 Å².